The monoisotopic (exact) mass is 325 g/mol. The number of carbonyl (C=O) groups excluding carboxylic acids is 2. The van der Waals surface area contributed by atoms with Gasteiger partial charge in [-0.2, -0.15) is 0 Å². The summed E-state index contributed by atoms with van der Waals surface area (Å²) in [6.07, 6.45) is 3.23. The summed E-state index contributed by atoms with van der Waals surface area (Å²) < 4.78 is 10.5. The van der Waals surface area contributed by atoms with E-state index < -0.39 is 0 Å². The molecule has 7 heteroatoms. The van der Waals surface area contributed by atoms with Gasteiger partial charge in [0, 0.05) is 24.8 Å². The number of carbonyl (C=O) groups is 2. The van der Waals surface area contributed by atoms with E-state index in [9.17, 15) is 9.59 Å². The van der Waals surface area contributed by atoms with E-state index in [0.29, 0.717) is 35.8 Å². The average molecular weight is 325 g/mol. The van der Waals surface area contributed by atoms with Crippen molar-refractivity contribution in [1.82, 2.24) is 9.88 Å². The molecule has 0 spiro atoms. The highest BCUT2D eigenvalue weighted by molar-refractivity contribution is 5.98. The van der Waals surface area contributed by atoms with Crippen molar-refractivity contribution in [1.29, 1.82) is 0 Å². The molecule has 0 bridgehead atoms. The summed E-state index contributed by atoms with van der Waals surface area (Å²) in [5.74, 6) is 0.802. The van der Waals surface area contributed by atoms with Crippen LogP contribution in [0.25, 0.3) is 0 Å². The van der Waals surface area contributed by atoms with Crippen molar-refractivity contribution >= 4 is 17.5 Å². The lowest BCUT2D eigenvalue weighted by atomic mass is 9.97. The average Bonchev–Trinajstić information content (AvgIpc) is 3.01. The van der Waals surface area contributed by atoms with E-state index in [0.717, 1.165) is 0 Å². The summed E-state index contributed by atoms with van der Waals surface area (Å²) in [4.78, 5) is 30.2. The van der Waals surface area contributed by atoms with Crippen LogP contribution in [0.5, 0.6) is 11.5 Å². The van der Waals surface area contributed by atoms with Crippen LogP contribution in [0.2, 0.25) is 0 Å². The lowest BCUT2D eigenvalue weighted by Crippen LogP contribution is -2.54. The number of fused-ring (bicyclic) bond motifs is 1. The van der Waals surface area contributed by atoms with E-state index in [1.807, 2.05) is 0 Å². The Labute approximate surface area is 138 Å². The van der Waals surface area contributed by atoms with Gasteiger partial charge >= 0.3 is 0 Å². The van der Waals surface area contributed by atoms with Gasteiger partial charge in [-0.05, 0) is 30.3 Å². The van der Waals surface area contributed by atoms with E-state index in [4.69, 9.17) is 9.47 Å². The SMILES string of the molecule is O=C(Nc1cccnc1)C1CN(C(=O)c2ccc3c(c2)OCO3)C1. The van der Waals surface area contributed by atoms with E-state index in [1.165, 1.54) is 0 Å². The maximum atomic E-state index is 12.4. The predicted molar refractivity (Wildman–Crippen MR) is 84.8 cm³/mol. The third-order valence-electron chi connectivity index (χ3n) is 4.09. The minimum atomic E-state index is -0.205. The van der Waals surface area contributed by atoms with Crippen LogP contribution in [0.3, 0.4) is 0 Å². The molecule has 0 aliphatic carbocycles. The first kappa shape index (κ1) is 14.5. The second kappa shape index (κ2) is 5.84. The summed E-state index contributed by atoms with van der Waals surface area (Å²) >= 11 is 0. The Kier molecular flexibility index (Phi) is 3.53. The number of pyridine rings is 1. The van der Waals surface area contributed by atoms with Crippen molar-refractivity contribution in [3.63, 3.8) is 0 Å². The zero-order valence-corrected chi connectivity index (χ0v) is 12.8. The van der Waals surface area contributed by atoms with Gasteiger partial charge in [0.15, 0.2) is 11.5 Å². The van der Waals surface area contributed by atoms with Gasteiger partial charge in [-0.25, -0.2) is 0 Å². The molecule has 0 unspecified atom stereocenters. The molecule has 0 atom stereocenters. The quantitative estimate of drug-likeness (QED) is 0.925. The molecule has 1 N–H and O–H groups in total. The van der Waals surface area contributed by atoms with Crippen LogP contribution in [0.1, 0.15) is 10.4 Å². The highest BCUT2D eigenvalue weighted by atomic mass is 16.7. The molecular formula is C17H15N3O4. The first-order valence-electron chi connectivity index (χ1n) is 7.60. The van der Waals surface area contributed by atoms with Gasteiger partial charge in [-0.1, -0.05) is 0 Å². The van der Waals surface area contributed by atoms with E-state index >= 15 is 0 Å². The van der Waals surface area contributed by atoms with Crippen molar-refractivity contribution in [2.45, 2.75) is 0 Å². The standard InChI is InChI=1S/C17H15N3O4/c21-16(19-13-2-1-5-18-7-13)12-8-20(9-12)17(22)11-3-4-14-15(6-11)24-10-23-14/h1-7,12H,8-10H2,(H,19,21). The topological polar surface area (TPSA) is 80.8 Å². The lowest BCUT2D eigenvalue weighted by molar-refractivity contribution is -0.123. The van der Waals surface area contributed by atoms with Gasteiger partial charge in [0.1, 0.15) is 0 Å². The molecular weight excluding hydrogens is 310 g/mol. The number of anilines is 1. The molecule has 2 aliphatic heterocycles. The fourth-order valence-electron chi connectivity index (χ4n) is 2.70. The zero-order chi connectivity index (χ0) is 16.5. The smallest absolute Gasteiger partial charge is 0.254 e. The molecule has 1 aromatic heterocycles. The number of hydrogen-bond donors (Lipinski definition) is 1. The van der Waals surface area contributed by atoms with Gasteiger partial charge < -0.3 is 19.7 Å². The predicted octanol–water partition coefficient (Wildman–Crippen LogP) is 1.52. The van der Waals surface area contributed by atoms with Gasteiger partial charge in [0.05, 0.1) is 17.8 Å². The van der Waals surface area contributed by atoms with E-state index in [2.05, 4.69) is 10.3 Å². The highest BCUT2D eigenvalue weighted by Crippen LogP contribution is 2.33. The minimum Gasteiger partial charge on any atom is -0.454 e. The summed E-state index contributed by atoms with van der Waals surface area (Å²) in [6, 6.07) is 8.64. The lowest BCUT2D eigenvalue weighted by Gasteiger charge is -2.38. The van der Waals surface area contributed by atoms with Crippen LogP contribution in [0.15, 0.2) is 42.7 Å². The molecule has 2 amide bonds. The summed E-state index contributed by atoms with van der Waals surface area (Å²) in [5.41, 5.74) is 1.19. The van der Waals surface area contributed by atoms with Crippen LogP contribution in [-0.4, -0.2) is 41.6 Å². The van der Waals surface area contributed by atoms with E-state index in [-0.39, 0.29) is 24.5 Å². The molecule has 0 radical (unpaired) electrons. The third kappa shape index (κ3) is 2.64. The first-order chi connectivity index (χ1) is 11.7. The Bertz CT molecular complexity index is 788. The van der Waals surface area contributed by atoms with Crippen LogP contribution >= 0.6 is 0 Å². The number of benzene rings is 1. The van der Waals surface area contributed by atoms with Gasteiger partial charge in [-0.15, -0.1) is 0 Å². The molecule has 122 valence electrons. The number of amides is 2. The van der Waals surface area contributed by atoms with Crippen LogP contribution in [0.4, 0.5) is 5.69 Å². The minimum absolute atomic E-state index is 0.0993. The van der Waals surface area contributed by atoms with Crippen LogP contribution < -0.4 is 14.8 Å². The third-order valence-corrected chi connectivity index (χ3v) is 4.09. The number of aromatic nitrogens is 1. The normalized spacial score (nSPS) is 15.8. The number of nitrogens with zero attached hydrogens (tertiary/aromatic N) is 2. The Morgan fingerprint density at radius 3 is 2.79 bits per heavy atom. The molecule has 1 aromatic carbocycles. The second-order valence-corrected chi connectivity index (χ2v) is 5.71. The largest absolute Gasteiger partial charge is 0.454 e. The summed E-state index contributed by atoms with van der Waals surface area (Å²) in [5, 5.41) is 2.80. The van der Waals surface area contributed by atoms with Crippen LogP contribution in [-0.2, 0) is 4.79 Å². The maximum Gasteiger partial charge on any atom is 0.254 e. The van der Waals surface area contributed by atoms with Gasteiger partial charge in [0.25, 0.3) is 5.91 Å². The second-order valence-electron chi connectivity index (χ2n) is 5.71. The number of likely N-dealkylation sites (tertiary alicyclic amines) is 1. The fourth-order valence-corrected chi connectivity index (χ4v) is 2.70. The summed E-state index contributed by atoms with van der Waals surface area (Å²) in [7, 11) is 0. The molecule has 2 aromatic rings. The first-order valence-corrected chi connectivity index (χ1v) is 7.60. The Balaban J connectivity index is 1.35. The molecule has 24 heavy (non-hydrogen) atoms. The van der Waals surface area contributed by atoms with Crippen LogP contribution in [0, 0.1) is 5.92 Å². The molecule has 0 saturated carbocycles. The molecule has 1 saturated heterocycles. The van der Waals surface area contributed by atoms with E-state index in [1.54, 1.807) is 47.6 Å². The molecule has 2 aliphatic rings. The van der Waals surface area contributed by atoms with Gasteiger partial charge in [0.2, 0.25) is 12.7 Å². The van der Waals surface area contributed by atoms with Crippen molar-refractivity contribution in [2.75, 3.05) is 25.2 Å². The van der Waals surface area contributed by atoms with Crippen molar-refractivity contribution in [2.24, 2.45) is 5.92 Å². The molecule has 3 heterocycles. The number of hydrogen-bond acceptors (Lipinski definition) is 5. The highest BCUT2D eigenvalue weighted by Gasteiger charge is 2.36. The zero-order valence-electron chi connectivity index (χ0n) is 12.8. The summed E-state index contributed by atoms with van der Waals surface area (Å²) in [6.45, 7) is 0.978. The van der Waals surface area contributed by atoms with Gasteiger partial charge in [-0.3, -0.25) is 14.6 Å². The van der Waals surface area contributed by atoms with Crippen molar-refractivity contribution in [3.8, 4) is 11.5 Å². The molecule has 1 fully saturated rings. The van der Waals surface area contributed by atoms with Crippen molar-refractivity contribution < 1.29 is 19.1 Å². The molecule has 7 nitrogen and oxygen atoms in total. The number of ether oxygens (including phenoxy) is 2. The Hall–Kier alpha value is -3.09. The fraction of sp³-hybridized carbons (Fsp3) is 0.235. The molecule has 4 rings (SSSR count). The maximum absolute atomic E-state index is 12.4. The number of rotatable bonds is 3. The van der Waals surface area contributed by atoms with Crippen molar-refractivity contribution in [3.05, 3.63) is 48.3 Å². The number of nitrogens with one attached hydrogen (secondary N) is 1. The Morgan fingerprint density at radius 2 is 2.00 bits per heavy atom. The Morgan fingerprint density at radius 1 is 1.17 bits per heavy atom.